The number of hydrogen-bond acceptors (Lipinski definition) is 4. The lowest BCUT2D eigenvalue weighted by Gasteiger charge is -2.18. The van der Waals surface area contributed by atoms with Crippen LogP contribution in [0.4, 0.5) is 18.9 Å². The van der Waals surface area contributed by atoms with E-state index in [-0.39, 0.29) is 16.8 Å². The summed E-state index contributed by atoms with van der Waals surface area (Å²) in [5, 5.41) is 2.95. The number of pyridine rings is 1. The van der Waals surface area contributed by atoms with Crippen LogP contribution in [0, 0.1) is 17.5 Å². The Hall–Kier alpha value is -2.41. The van der Waals surface area contributed by atoms with E-state index in [9.17, 15) is 13.2 Å². The molecule has 1 N–H and O–H groups in total. The first-order valence-corrected chi connectivity index (χ1v) is 7.47. The number of hydrogen-bond donors (Lipinski definition) is 1. The molecule has 1 aromatic carbocycles. The molecular formula is C16H12ClF3N4. The summed E-state index contributed by atoms with van der Waals surface area (Å²) in [7, 11) is 0. The minimum Gasteiger partial charge on any atom is -0.380 e. The van der Waals surface area contributed by atoms with Crippen LogP contribution < -0.4 is 5.32 Å². The molecule has 3 rings (SSSR count). The average molecular weight is 353 g/mol. The van der Waals surface area contributed by atoms with E-state index in [4.69, 9.17) is 11.6 Å². The van der Waals surface area contributed by atoms with E-state index < -0.39 is 23.0 Å². The molecule has 8 heteroatoms. The van der Waals surface area contributed by atoms with E-state index >= 15 is 0 Å². The van der Waals surface area contributed by atoms with Crippen molar-refractivity contribution in [3.05, 3.63) is 47.3 Å². The van der Waals surface area contributed by atoms with Gasteiger partial charge >= 0.3 is 0 Å². The van der Waals surface area contributed by atoms with Gasteiger partial charge in [-0.3, -0.25) is 0 Å². The highest BCUT2D eigenvalue weighted by molar-refractivity contribution is 6.33. The van der Waals surface area contributed by atoms with Crippen molar-refractivity contribution < 1.29 is 13.2 Å². The molecule has 4 nitrogen and oxygen atoms in total. The molecule has 2 aromatic heterocycles. The van der Waals surface area contributed by atoms with Crippen molar-refractivity contribution in [2.24, 2.45) is 0 Å². The summed E-state index contributed by atoms with van der Waals surface area (Å²) in [5.74, 6) is -3.16. The van der Waals surface area contributed by atoms with Crippen LogP contribution in [0.3, 0.4) is 0 Å². The van der Waals surface area contributed by atoms with Crippen molar-refractivity contribution in [1.29, 1.82) is 0 Å². The second kappa shape index (κ2) is 6.24. The summed E-state index contributed by atoms with van der Waals surface area (Å²) in [4.78, 5) is 12.1. The van der Waals surface area contributed by atoms with Gasteiger partial charge in [-0.05, 0) is 13.8 Å². The maximum absolute atomic E-state index is 14.3. The molecule has 0 aliphatic carbocycles. The molecule has 0 saturated carbocycles. The lowest BCUT2D eigenvalue weighted by atomic mass is 10.0. The summed E-state index contributed by atoms with van der Waals surface area (Å²) >= 11 is 6.18. The predicted octanol–water partition coefficient (Wildman–Crippen LogP) is 4.58. The predicted molar refractivity (Wildman–Crippen MR) is 86.4 cm³/mol. The van der Waals surface area contributed by atoms with Gasteiger partial charge in [0, 0.05) is 18.2 Å². The van der Waals surface area contributed by atoms with Crippen molar-refractivity contribution in [3.63, 3.8) is 0 Å². The molecule has 0 radical (unpaired) electrons. The van der Waals surface area contributed by atoms with Crippen LogP contribution >= 0.6 is 11.6 Å². The minimum absolute atomic E-state index is 0.00781. The van der Waals surface area contributed by atoms with E-state index in [1.54, 1.807) is 0 Å². The van der Waals surface area contributed by atoms with Crippen molar-refractivity contribution in [1.82, 2.24) is 15.0 Å². The van der Waals surface area contributed by atoms with Crippen molar-refractivity contribution in [3.8, 4) is 11.1 Å². The van der Waals surface area contributed by atoms with Gasteiger partial charge in [-0.1, -0.05) is 11.6 Å². The molecule has 2 heterocycles. The third-order valence-corrected chi connectivity index (χ3v) is 3.57. The SMILES string of the molecule is CC(C)Nc1c(-c2c(F)cc(F)cc2F)c(Cl)nc2cncnc12. The quantitative estimate of drug-likeness (QED) is 0.701. The normalized spacial score (nSPS) is 11.3. The number of rotatable bonds is 3. The zero-order valence-corrected chi connectivity index (χ0v) is 13.5. The molecule has 0 spiro atoms. The Morgan fingerprint density at radius 2 is 1.75 bits per heavy atom. The summed E-state index contributed by atoms with van der Waals surface area (Å²) < 4.78 is 41.8. The van der Waals surface area contributed by atoms with Crippen molar-refractivity contribution in [2.75, 3.05) is 5.32 Å². The number of halogens is 4. The molecule has 0 unspecified atom stereocenters. The minimum atomic E-state index is -1.07. The van der Waals surface area contributed by atoms with Crippen molar-refractivity contribution in [2.45, 2.75) is 19.9 Å². The monoisotopic (exact) mass is 352 g/mol. The van der Waals surface area contributed by atoms with Crippen LogP contribution in [-0.2, 0) is 0 Å². The van der Waals surface area contributed by atoms with Gasteiger partial charge in [0.05, 0.1) is 23.0 Å². The van der Waals surface area contributed by atoms with Crippen LogP contribution in [-0.4, -0.2) is 21.0 Å². The number of aromatic nitrogens is 3. The average Bonchev–Trinajstić information content (AvgIpc) is 2.48. The third-order valence-electron chi connectivity index (χ3n) is 3.29. The van der Waals surface area contributed by atoms with Gasteiger partial charge in [0.25, 0.3) is 0 Å². The number of fused-ring (bicyclic) bond motifs is 1. The summed E-state index contributed by atoms with van der Waals surface area (Å²) in [5.41, 5.74) is 0.578. The van der Waals surface area contributed by atoms with E-state index in [1.807, 2.05) is 13.8 Å². The topological polar surface area (TPSA) is 50.7 Å². The molecule has 0 aliphatic rings. The Morgan fingerprint density at radius 3 is 2.38 bits per heavy atom. The highest BCUT2D eigenvalue weighted by Crippen LogP contribution is 2.40. The molecule has 0 fully saturated rings. The highest BCUT2D eigenvalue weighted by atomic mass is 35.5. The maximum Gasteiger partial charge on any atom is 0.140 e. The van der Waals surface area contributed by atoms with Crippen LogP contribution in [0.15, 0.2) is 24.7 Å². The van der Waals surface area contributed by atoms with Gasteiger partial charge in [0.1, 0.15) is 40.0 Å². The van der Waals surface area contributed by atoms with Gasteiger partial charge in [-0.2, -0.15) is 0 Å². The molecular weight excluding hydrogens is 341 g/mol. The molecule has 24 heavy (non-hydrogen) atoms. The lowest BCUT2D eigenvalue weighted by molar-refractivity contribution is 0.548. The lowest BCUT2D eigenvalue weighted by Crippen LogP contribution is -2.13. The van der Waals surface area contributed by atoms with Gasteiger partial charge in [0.15, 0.2) is 0 Å². The number of benzene rings is 1. The van der Waals surface area contributed by atoms with E-state index in [0.717, 1.165) is 0 Å². The third kappa shape index (κ3) is 2.87. The first-order valence-electron chi connectivity index (χ1n) is 7.09. The van der Waals surface area contributed by atoms with E-state index in [2.05, 4.69) is 20.3 Å². The first-order chi connectivity index (χ1) is 11.4. The Bertz CT molecular complexity index is 908. The van der Waals surface area contributed by atoms with Crippen molar-refractivity contribution >= 4 is 28.3 Å². The number of nitrogens with zero attached hydrogens (tertiary/aromatic N) is 3. The van der Waals surface area contributed by atoms with Gasteiger partial charge < -0.3 is 5.32 Å². The molecule has 0 amide bonds. The second-order valence-electron chi connectivity index (χ2n) is 5.45. The Labute approximate surface area is 140 Å². The van der Waals surface area contributed by atoms with E-state index in [1.165, 1.54) is 12.5 Å². The molecule has 0 aliphatic heterocycles. The fraction of sp³-hybridized carbons (Fsp3) is 0.188. The van der Waals surface area contributed by atoms with Gasteiger partial charge in [-0.25, -0.2) is 28.1 Å². The standard InChI is InChI=1S/C16H12ClF3N4/c1-7(2)23-15-13(12-9(19)3-8(18)4-10(12)20)16(17)24-11-5-21-6-22-14(11)15/h3-7H,1-2H3,(H,23,24). The van der Waals surface area contributed by atoms with Crippen LogP contribution in [0.25, 0.3) is 22.2 Å². The highest BCUT2D eigenvalue weighted by Gasteiger charge is 2.23. The summed E-state index contributed by atoms with van der Waals surface area (Å²) in [6.07, 6.45) is 2.74. The Morgan fingerprint density at radius 1 is 1.08 bits per heavy atom. The van der Waals surface area contributed by atoms with E-state index in [0.29, 0.717) is 28.9 Å². The van der Waals surface area contributed by atoms with Gasteiger partial charge in [-0.15, -0.1) is 0 Å². The van der Waals surface area contributed by atoms with Crippen LogP contribution in [0.1, 0.15) is 13.8 Å². The molecule has 0 saturated heterocycles. The maximum atomic E-state index is 14.3. The number of anilines is 1. The smallest absolute Gasteiger partial charge is 0.140 e. The van der Waals surface area contributed by atoms with Gasteiger partial charge in [0.2, 0.25) is 0 Å². The fourth-order valence-corrected chi connectivity index (χ4v) is 2.70. The summed E-state index contributed by atoms with van der Waals surface area (Å²) in [6.45, 7) is 3.70. The van der Waals surface area contributed by atoms with Crippen LogP contribution in [0.2, 0.25) is 5.15 Å². The fourth-order valence-electron chi connectivity index (χ4n) is 2.42. The van der Waals surface area contributed by atoms with Crippen LogP contribution in [0.5, 0.6) is 0 Å². The zero-order chi connectivity index (χ0) is 17.4. The molecule has 0 bridgehead atoms. The molecule has 3 aromatic rings. The first kappa shape index (κ1) is 16.4. The summed E-state index contributed by atoms with van der Waals surface area (Å²) in [6, 6.07) is 1.11. The molecule has 124 valence electrons. The largest absolute Gasteiger partial charge is 0.380 e. The molecule has 0 atom stereocenters. The second-order valence-corrected chi connectivity index (χ2v) is 5.81. The Balaban J connectivity index is 2.41. The Kier molecular flexibility index (Phi) is 4.28. The number of nitrogens with one attached hydrogen (secondary N) is 1. The zero-order valence-electron chi connectivity index (χ0n) is 12.7.